The molecule has 0 saturated heterocycles. The van der Waals surface area contributed by atoms with Gasteiger partial charge in [-0.15, -0.1) is 0 Å². The molecule has 0 saturated carbocycles. The zero-order valence-electron chi connectivity index (χ0n) is 9.82. The third kappa shape index (κ3) is 3.22. The predicted octanol–water partition coefficient (Wildman–Crippen LogP) is 3.07. The Morgan fingerprint density at radius 3 is 2.58 bits per heavy atom. The summed E-state index contributed by atoms with van der Waals surface area (Å²) in [5, 5.41) is 15.6. The summed E-state index contributed by atoms with van der Waals surface area (Å²) in [6, 6.07) is 7.19. The van der Waals surface area contributed by atoms with Gasteiger partial charge in [-0.2, -0.15) is 10.4 Å². The Kier molecular flexibility index (Phi) is 4.02. The Balaban J connectivity index is 2.28. The first-order chi connectivity index (χ1) is 8.99. The van der Waals surface area contributed by atoms with Gasteiger partial charge in [0.25, 0.3) is 5.91 Å². The number of nitriles is 1. The Bertz CT molecular complexity index is 667. The molecule has 96 valence electrons. The molecule has 0 fully saturated rings. The summed E-state index contributed by atoms with van der Waals surface area (Å²) in [5.41, 5.74) is 0.792. The third-order valence-electron chi connectivity index (χ3n) is 2.31. The fourth-order valence-corrected chi connectivity index (χ4v) is 2.82. The van der Waals surface area contributed by atoms with E-state index in [9.17, 15) is 4.79 Å². The van der Waals surface area contributed by atoms with Gasteiger partial charge in [-0.3, -0.25) is 9.48 Å². The van der Waals surface area contributed by atoms with E-state index < -0.39 is 0 Å². The van der Waals surface area contributed by atoms with Gasteiger partial charge in [0.05, 0.1) is 0 Å². The average molecular weight is 384 g/mol. The smallest absolute Gasteiger partial charge is 0.256 e. The number of carbonyl (C=O) groups excluding carboxylic acids is 1. The summed E-state index contributed by atoms with van der Waals surface area (Å²) in [5.74, 6) is -0.0664. The summed E-state index contributed by atoms with van der Waals surface area (Å²) in [7, 11) is 1.69. The van der Waals surface area contributed by atoms with Crippen molar-refractivity contribution in [3.8, 4) is 6.07 Å². The largest absolute Gasteiger partial charge is 0.304 e. The minimum atomic E-state index is -0.322. The number of amides is 1. The molecule has 19 heavy (non-hydrogen) atoms. The highest BCUT2D eigenvalue weighted by molar-refractivity contribution is 9.11. The van der Waals surface area contributed by atoms with Crippen LogP contribution in [0.1, 0.15) is 15.9 Å². The van der Waals surface area contributed by atoms with Gasteiger partial charge in [0.1, 0.15) is 11.6 Å². The normalized spacial score (nSPS) is 10.0. The molecule has 1 N–H and O–H groups in total. The van der Waals surface area contributed by atoms with Gasteiger partial charge in [-0.05, 0) is 18.2 Å². The van der Waals surface area contributed by atoms with Gasteiger partial charge in [0, 0.05) is 27.8 Å². The molecule has 0 bridgehead atoms. The predicted molar refractivity (Wildman–Crippen MR) is 77.7 cm³/mol. The Morgan fingerprint density at radius 2 is 2.00 bits per heavy atom. The summed E-state index contributed by atoms with van der Waals surface area (Å²) in [6.45, 7) is 0. The molecule has 0 aliphatic carbocycles. The van der Waals surface area contributed by atoms with Crippen LogP contribution >= 0.6 is 31.9 Å². The van der Waals surface area contributed by atoms with E-state index in [-0.39, 0.29) is 11.7 Å². The topological polar surface area (TPSA) is 70.7 Å². The number of nitrogens with one attached hydrogen (secondary N) is 1. The molecule has 1 heterocycles. The lowest BCUT2D eigenvalue weighted by molar-refractivity contribution is 0.102. The van der Waals surface area contributed by atoms with Crippen LogP contribution in [-0.2, 0) is 7.05 Å². The minimum absolute atomic E-state index is 0.256. The van der Waals surface area contributed by atoms with E-state index in [0.717, 1.165) is 8.95 Å². The van der Waals surface area contributed by atoms with Crippen LogP contribution in [0.25, 0.3) is 0 Å². The molecule has 1 aromatic carbocycles. The number of nitrogens with zero attached hydrogens (tertiary/aromatic N) is 3. The first kappa shape index (κ1) is 13.8. The van der Waals surface area contributed by atoms with Crippen molar-refractivity contribution in [2.45, 2.75) is 0 Å². The maximum Gasteiger partial charge on any atom is 0.256 e. The number of benzene rings is 1. The second-order valence-electron chi connectivity index (χ2n) is 3.79. The van der Waals surface area contributed by atoms with Gasteiger partial charge >= 0.3 is 0 Å². The molecular formula is C12H8Br2N4O. The van der Waals surface area contributed by atoms with Gasteiger partial charge < -0.3 is 5.32 Å². The molecule has 2 rings (SSSR count). The Hall–Kier alpha value is -1.65. The van der Waals surface area contributed by atoms with Crippen LogP contribution in [0.15, 0.2) is 33.3 Å². The van der Waals surface area contributed by atoms with E-state index in [1.165, 1.54) is 4.68 Å². The summed E-state index contributed by atoms with van der Waals surface area (Å²) in [6.07, 6.45) is 1.55. The van der Waals surface area contributed by atoms with Crippen LogP contribution in [0.2, 0.25) is 0 Å². The molecule has 1 amide bonds. The number of halogens is 2. The SMILES string of the molecule is Cn1cc(C#N)c(NC(=O)c2cc(Br)cc(Br)c2)n1. The molecule has 0 aliphatic heterocycles. The zero-order valence-corrected chi connectivity index (χ0v) is 13.0. The average Bonchev–Trinajstić information content (AvgIpc) is 2.68. The Labute approximate surface area is 126 Å². The van der Waals surface area contributed by atoms with Crippen LogP contribution < -0.4 is 5.32 Å². The Morgan fingerprint density at radius 1 is 1.37 bits per heavy atom. The highest BCUT2D eigenvalue weighted by Crippen LogP contribution is 2.21. The van der Waals surface area contributed by atoms with E-state index in [1.807, 2.05) is 12.1 Å². The van der Waals surface area contributed by atoms with E-state index in [0.29, 0.717) is 11.1 Å². The molecule has 0 aliphatic rings. The van der Waals surface area contributed by atoms with Gasteiger partial charge in [0.15, 0.2) is 5.82 Å². The van der Waals surface area contributed by atoms with Crippen LogP contribution in [0.4, 0.5) is 5.82 Å². The van der Waals surface area contributed by atoms with Crippen molar-refractivity contribution in [2.75, 3.05) is 5.32 Å². The van der Waals surface area contributed by atoms with Crippen LogP contribution in [0, 0.1) is 11.3 Å². The maximum absolute atomic E-state index is 12.1. The molecule has 0 radical (unpaired) electrons. The first-order valence-corrected chi connectivity index (χ1v) is 6.79. The van der Waals surface area contributed by atoms with Crippen molar-refractivity contribution in [1.82, 2.24) is 9.78 Å². The van der Waals surface area contributed by atoms with Crippen molar-refractivity contribution >= 4 is 43.6 Å². The number of aromatic nitrogens is 2. The molecular weight excluding hydrogens is 376 g/mol. The summed E-state index contributed by atoms with van der Waals surface area (Å²) >= 11 is 6.63. The van der Waals surface area contributed by atoms with Gasteiger partial charge in [-0.25, -0.2) is 0 Å². The first-order valence-electron chi connectivity index (χ1n) is 5.21. The molecule has 7 heteroatoms. The third-order valence-corrected chi connectivity index (χ3v) is 3.22. The lowest BCUT2D eigenvalue weighted by Gasteiger charge is -2.04. The second-order valence-corrected chi connectivity index (χ2v) is 5.62. The monoisotopic (exact) mass is 382 g/mol. The quantitative estimate of drug-likeness (QED) is 0.866. The van der Waals surface area contributed by atoms with Crippen molar-refractivity contribution in [2.24, 2.45) is 7.05 Å². The zero-order chi connectivity index (χ0) is 14.0. The van der Waals surface area contributed by atoms with Crippen molar-refractivity contribution < 1.29 is 4.79 Å². The number of hydrogen-bond donors (Lipinski definition) is 1. The van der Waals surface area contributed by atoms with Crippen LogP contribution in [0.3, 0.4) is 0 Å². The van der Waals surface area contributed by atoms with Gasteiger partial charge in [-0.1, -0.05) is 31.9 Å². The summed E-state index contributed by atoms with van der Waals surface area (Å²) in [4.78, 5) is 12.1. The molecule has 0 atom stereocenters. The van der Waals surface area contributed by atoms with Gasteiger partial charge in [0.2, 0.25) is 0 Å². The molecule has 0 unspecified atom stereocenters. The fraction of sp³-hybridized carbons (Fsp3) is 0.0833. The number of aryl methyl sites for hydroxylation is 1. The lowest BCUT2D eigenvalue weighted by Crippen LogP contribution is -2.13. The second kappa shape index (κ2) is 5.55. The highest BCUT2D eigenvalue weighted by Gasteiger charge is 2.13. The van der Waals surface area contributed by atoms with E-state index in [4.69, 9.17) is 5.26 Å². The van der Waals surface area contributed by atoms with Crippen molar-refractivity contribution in [3.05, 3.63) is 44.5 Å². The number of rotatable bonds is 2. The van der Waals surface area contributed by atoms with Crippen LogP contribution in [-0.4, -0.2) is 15.7 Å². The van der Waals surface area contributed by atoms with E-state index in [2.05, 4.69) is 42.3 Å². The standard InChI is InChI=1S/C12H8Br2N4O/c1-18-6-8(5-15)11(17-18)16-12(19)7-2-9(13)4-10(14)3-7/h2-4,6H,1H3,(H,16,17,19). The number of hydrogen-bond acceptors (Lipinski definition) is 3. The summed E-state index contributed by atoms with van der Waals surface area (Å²) < 4.78 is 3.05. The van der Waals surface area contributed by atoms with Crippen molar-refractivity contribution in [1.29, 1.82) is 5.26 Å². The van der Waals surface area contributed by atoms with E-state index >= 15 is 0 Å². The highest BCUT2D eigenvalue weighted by atomic mass is 79.9. The number of carbonyl (C=O) groups is 1. The minimum Gasteiger partial charge on any atom is -0.304 e. The van der Waals surface area contributed by atoms with Crippen LogP contribution in [0.5, 0.6) is 0 Å². The maximum atomic E-state index is 12.1. The molecule has 2 aromatic rings. The molecule has 1 aromatic heterocycles. The lowest BCUT2D eigenvalue weighted by atomic mass is 10.2. The van der Waals surface area contributed by atoms with E-state index in [1.54, 1.807) is 25.4 Å². The fourth-order valence-electron chi connectivity index (χ4n) is 1.53. The van der Waals surface area contributed by atoms with Crippen molar-refractivity contribution in [3.63, 3.8) is 0 Å². The molecule has 5 nitrogen and oxygen atoms in total. The number of anilines is 1. The molecule has 0 spiro atoms.